The van der Waals surface area contributed by atoms with Crippen molar-refractivity contribution in [3.63, 3.8) is 0 Å². The van der Waals surface area contributed by atoms with Gasteiger partial charge in [0.15, 0.2) is 0 Å². The molecule has 0 unspecified atom stereocenters. The predicted octanol–water partition coefficient (Wildman–Crippen LogP) is 3.24. The van der Waals surface area contributed by atoms with Gasteiger partial charge in [0.2, 0.25) is 0 Å². The summed E-state index contributed by atoms with van der Waals surface area (Å²) < 4.78 is 19.1. The van der Waals surface area contributed by atoms with Gasteiger partial charge in [-0.05, 0) is 29.3 Å². The van der Waals surface area contributed by atoms with E-state index in [9.17, 15) is 9.18 Å². The highest BCUT2D eigenvalue weighted by atomic mass is 35.5. The molecule has 1 aliphatic rings. The van der Waals surface area contributed by atoms with Crippen LogP contribution in [0.1, 0.15) is 21.5 Å². The standard InChI is InChI=1S/C19H20ClFN2O2/c20-16-4-5-17(18(21)11-16)19(24)22-12-14-2-1-3-15(10-14)13-23-6-8-25-9-7-23/h1-5,10-11H,6-9,12-13H2,(H,22,24). The van der Waals surface area contributed by atoms with Crippen LogP contribution in [0.3, 0.4) is 0 Å². The molecule has 0 bridgehead atoms. The van der Waals surface area contributed by atoms with Crippen molar-refractivity contribution < 1.29 is 13.9 Å². The Labute approximate surface area is 151 Å². The predicted molar refractivity (Wildman–Crippen MR) is 95.1 cm³/mol. The summed E-state index contributed by atoms with van der Waals surface area (Å²) in [6, 6.07) is 12.1. The first kappa shape index (κ1) is 17.9. The van der Waals surface area contributed by atoms with E-state index >= 15 is 0 Å². The maximum absolute atomic E-state index is 13.8. The lowest BCUT2D eigenvalue weighted by atomic mass is 10.1. The number of benzene rings is 2. The van der Waals surface area contributed by atoms with Gasteiger partial charge in [0.05, 0.1) is 18.8 Å². The van der Waals surface area contributed by atoms with E-state index in [-0.39, 0.29) is 10.6 Å². The van der Waals surface area contributed by atoms with Crippen LogP contribution in [0.2, 0.25) is 5.02 Å². The van der Waals surface area contributed by atoms with Gasteiger partial charge >= 0.3 is 0 Å². The van der Waals surface area contributed by atoms with Crippen molar-refractivity contribution in [2.24, 2.45) is 0 Å². The fraction of sp³-hybridized carbons (Fsp3) is 0.316. The fourth-order valence-electron chi connectivity index (χ4n) is 2.81. The monoisotopic (exact) mass is 362 g/mol. The Bertz CT molecular complexity index is 748. The normalized spacial score (nSPS) is 15.1. The highest BCUT2D eigenvalue weighted by Gasteiger charge is 2.13. The van der Waals surface area contributed by atoms with Gasteiger partial charge in [0.1, 0.15) is 5.82 Å². The molecule has 25 heavy (non-hydrogen) atoms. The molecule has 3 rings (SSSR count). The Kier molecular flexibility index (Phi) is 6.02. The van der Waals surface area contributed by atoms with E-state index in [2.05, 4.69) is 22.3 Å². The topological polar surface area (TPSA) is 41.6 Å². The maximum atomic E-state index is 13.8. The number of ether oxygens (including phenoxy) is 1. The Morgan fingerprint density at radius 1 is 1.16 bits per heavy atom. The van der Waals surface area contributed by atoms with Crippen molar-refractivity contribution >= 4 is 17.5 Å². The molecule has 1 fully saturated rings. The average molecular weight is 363 g/mol. The van der Waals surface area contributed by atoms with Gasteiger partial charge in [0, 0.05) is 31.2 Å². The summed E-state index contributed by atoms with van der Waals surface area (Å²) in [5.74, 6) is -1.07. The van der Waals surface area contributed by atoms with E-state index in [0.717, 1.165) is 44.5 Å². The molecule has 0 atom stereocenters. The molecule has 1 saturated heterocycles. The molecule has 4 nitrogen and oxygen atoms in total. The molecule has 1 aliphatic heterocycles. The van der Waals surface area contributed by atoms with Gasteiger partial charge < -0.3 is 10.1 Å². The van der Waals surface area contributed by atoms with E-state index in [1.54, 1.807) is 0 Å². The molecule has 0 spiro atoms. The smallest absolute Gasteiger partial charge is 0.254 e. The van der Waals surface area contributed by atoms with Crippen LogP contribution in [0.25, 0.3) is 0 Å². The molecule has 1 heterocycles. The average Bonchev–Trinajstić information content (AvgIpc) is 2.61. The summed E-state index contributed by atoms with van der Waals surface area (Å²) in [6.07, 6.45) is 0. The molecule has 1 N–H and O–H groups in total. The molecule has 2 aromatic rings. The third-order valence-electron chi connectivity index (χ3n) is 4.13. The SMILES string of the molecule is O=C(NCc1cccc(CN2CCOCC2)c1)c1ccc(Cl)cc1F. The van der Waals surface area contributed by atoms with Crippen LogP contribution in [0, 0.1) is 5.82 Å². The number of carbonyl (C=O) groups is 1. The lowest BCUT2D eigenvalue weighted by Crippen LogP contribution is -2.35. The molecule has 0 radical (unpaired) electrons. The minimum atomic E-state index is -0.619. The highest BCUT2D eigenvalue weighted by Crippen LogP contribution is 2.15. The molecule has 6 heteroatoms. The van der Waals surface area contributed by atoms with E-state index in [1.807, 2.05) is 12.1 Å². The Balaban J connectivity index is 1.59. The van der Waals surface area contributed by atoms with Crippen molar-refractivity contribution in [3.05, 3.63) is 70.0 Å². The molecule has 132 valence electrons. The van der Waals surface area contributed by atoms with Crippen molar-refractivity contribution in [1.29, 1.82) is 0 Å². The zero-order chi connectivity index (χ0) is 17.6. The highest BCUT2D eigenvalue weighted by molar-refractivity contribution is 6.30. The van der Waals surface area contributed by atoms with Gasteiger partial charge in [-0.1, -0.05) is 35.9 Å². The zero-order valence-corrected chi connectivity index (χ0v) is 14.6. The Morgan fingerprint density at radius 2 is 1.92 bits per heavy atom. The molecule has 0 aliphatic carbocycles. The maximum Gasteiger partial charge on any atom is 0.254 e. The van der Waals surface area contributed by atoms with Gasteiger partial charge in [0.25, 0.3) is 5.91 Å². The van der Waals surface area contributed by atoms with Crippen LogP contribution in [-0.4, -0.2) is 37.1 Å². The number of morpholine rings is 1. The van der Waals surface area contributed by atoms with Crippen molar-refractivity contribution in [2.45, 2.75) is 13.1 Å². The quantitative estimate of drug-likeness (QED) is 0.887. The van der Waals surface area contributed by atoms with Gasteiger partial charge in [-0.2, -0.15) is 0 Å². The van der Waals surface area contributed by atoms with Crippen LogP contribution < -0.4 is 5.32 Å². The van der Waals surface area contributed by atoms with E-state index in [4.69, 9.17) is 16.3 Å². The summed E-state index contributed by atoms with van der Waals surface area (Å²) in [4.78, 5) is 14.5. The number of nitrogens with zero attached hydrogens (tertiary/aromatic N) is 1. The lowest BCUT2D eigenvalue weighted by Gasteiger charge is -2.26. The van der Waals surface area contributed by atoms with Gasteiger partial charge in [-0.15, -0.1) is 0 Å². The first-order valence-corrected chi connectivity index (χ1v) is 8.61. The zero-order valence-electron chi connectivity index (χ0n) is 13.8. The minimum absolute atomic E-state index is 0.00567. The van der Waals surface area contributed by atoms with Crippen LogP contribution in [0.5, 0.6) is 0 Å². The summed E-state index contributed by atoms with van der Waals surface area (Å²) >= 11 is 5.71. The van der Waals surface area contributed by atoms with E-state index < -0.39 is 11.7 Å². The third-order valence-corrected chi connectivity index (χ3v) is 4.37. The summed E-state index contributed by atoms with van der Waals surface area (Å²) in [5, 5.41) is 3.02. The van der Waals surface area contributed by atoms with Crippen molar-refractivity contribution in [2.75, 3.05) is 26.3 Å². The second-order valence-corrected chi connectivity index (χ2v) is 6.45. The molecule has 2 aromatic carbocycles. The summed E-state index contributed by atoms with van der Waals surface area (Å²) in [6.45, 7) is 4.59. The number of hydrogen-bond acceptors (Lipinski definition) is 3. The largest absolute Gasteiger partial charge is 0.379 e. The van der Waals surface area contributed by atoms with Crippen LogP contribution >= 0.6 is 11.6 Å². The van der Waals surface area contributed by atoms with Crippen molar-refractivity contribution in [3.8, 4) is 0 Å². The minimum Gasteiger partial charge on any atom is -0.379 e. The first-order chi connectivity index (χ1) is 12.1. The summed E-state index contributed by atoms with van der Waals surface area (Å²) in [5.41, 5.74) is 2.16. The number of carbonyl (C=O) groups excluding carboxylic acids is 1. The number of amides is 1. The molecule has 0 aromatic heterocycles. The van der Waals surface area contributed by atoms with E-state index in [0.29, 0.717) is 6.54 Å². The van der Waals surface area contributed by atoms with Crippen molar-refractivity contribution in [1.82, 2.24) is 10.2 Å². The first-order valence-electron chi connectivity index (χ1n) is 8.23. The second-order valence-electron chi connectivity index (χ2n) is 6.02. The van der Waals surface area contributed by atoms with Crippen LogP contribution in [0.15, 0.2) is 42.5 Å². The van der Waals surface area contributed by atoms with Crippen LogP contribution in [-0.2, 0) is 17.8 Å². The molecular weight excluding hydrogens is 343 g/mol. The number of nitrogens with one attached hydrogen (secondary N) is 1. The number of rotatable bonds is 5. The lowest BCUT2D eigenvalue weighted by molar-refractivity contribution is 0.0342. The Morgan fingerprint density at radius 3 is 2.68 bits per heavy atom. The van der Waals surface area contributed by atoms with Crippen LogP contribution in [0.4, 0.5) is 4.39 Å². The number of hydrogen-bond donors (Lipinski definition) is 1. The second kappa shape index (κ2) is 8.43. The molecule has 1 amide bonds. The van der Waals surface area contributed by atoms with Gasteiger partial charge in [-0.3, -0.25) is 9.69 Å². The van der Waals surface area contributed by atoms with E-state index in [1.165, 1.54) is 17.7 Å². The fourth-order valence-corrected chi connectivity index (χ4v) is 2.97. The Hall–Kier alpha value is -1.95. The van der Waals surface area contributed by atoms with Gasteiger partial charge in [-0.25, -0.2) is 4.39 Å². The summed E-state index contributed by atoms with van der Waals surface area (Å²) in [7, 11) is 0. The molecular formula is C19H20ClFN2O2. The molecule has 0 saturated carbocycles. The third kappa shape index (κ3) is 5.01. The number of halogens is 2.